The maximum Gasteiger partial charge on any atom is 0.131 e. The van der Waals surface area contributed by atoms with Gasteiger partial charge in [-0.25, -0.2) is 8.78 Å². The Balaban J connectivity index is 2.53. The number of hydrogen-bond donors (Lipinski definition) is 1. The lowest BCUT2D eigenvalue weighted by molar-refractivity contribution is 0.299. The molecule has 0 radical (unpaired) electrons. The molecule has 2 rings (SSSR count). The molecule has 0 spiro atoms. The SMILES string of the molecule is COc1ccc(F)c(-c2cc(CCO)ccc2F)c1. The summed E-state index contributed by atoms with van der Waals surface area (Å²) in [5, 5.41) is 8.90. The fourth-order valence-corrected chi connectivity index (χ4v) is 1.90. The highest BCUT2D eigenvalue weighted by atomic mass is 19.1. The number of rotatable bonds is 4. The Labute approximate surface area is 110 Å². The van der Waals surface area contributed by atoms with Crippen molar-refractivity contribution in [3.63, 3.8) is 0 Å². The van der Waals surface area contributed by atoms with Gasteiger partial charge in [-0.05, 0) is 42.3 Å². The first-order chi connectivity index (χ1) is 9.15. The number of ether oxygens (including phenoxy) is 1. The third kappa shape index (κ3) is 2.90. The van der Waals surface area contributed by atoms with E-state index in [9.17, 15) is 8.78 Å². The van der Waals surface area contributed by atoms with E-state index in [0.717, 1.165) is 5.56 Å². The molecule has 0 bridgehead atoms. The van der Waals surface area contributed by atoms with Crippen LogP contribution in [0.2, 0.25) is 0 Å². The summed E-state index contributed by atoms with van der Waals surface area (Å²) in [6.45, 7) is -0.0360. The number of aliphatic hydroxyl groups excluding tert-OH is 1. The Hall–Kier alpha value is -1.94. The maximum absolute atomic E-state index is 13.8. The molecule has 0 atom stereocenters. The van der Waals surface area contributed by atoms with Crippen LogP contribution in [0.25, 0.3) is 11.1 Å². The van der Waals surface area contributed by atoms with Gasteiger partial charge in [-0.15, -0.1) is 0 Å². The van der Waals surface area contributed by atoms with Crippen molar-refractivity contribution < 1.29 is 18.6 Å². The zero-order chi connectivity index (χ0) is 13.8. The van der Waals surface area contributed by atoms with E-state index in [2.05, 4.69) is 0 Å². The third-order valence-corrected chi connectivity index (χ3v) is 2.89. The van der Waals surface area contributed by atoms with Gasteiger partial charge in [0, 0.05) is 17.7 Å². The summed E-state index contributed by atoms with van der Waals surface area (Å²) >= 11 is 0. The normalized spacial score (nSPS) is 10.5. The minimum Gasteiger partial charge on any atom is -0.497 e. The molecule has 0 fully saturated rings. The molecule has 19 heavy (non-hydrogen) atoms. The first-order valence-electron chi connectivity index (χ1n) is 5.89. The number of halogens is 2. The molecule has 0 aliphatic carbocycles. The van der Waals surface area contributed by atoms with Crippen LogP contribution in [0.1, 0.15) is 5.56 Å². The molecule has 2 aromatic rings. The molecule has 0 heterocycles. The van der Waals surface area contributed by atoms with Crippen LogP contribution in [0, 0.1) is 11.6 Å². The summed E-state index contributed by atoms with van der Waals surface area (Å²) in [5.74, 6) is -0.557. The Morgan fingerprint density at radius 3 is 2.26 bits per heavy atom. The summed E-state index contributed by atoms with van der Waals surface area (Å²) in [5.41, 5.74) is 1.07. The van der Waals surface area contributed by atoms with Crippen LogP contribution < -0.4 is 4.74 Å². The molecule has 0 saturated heterocycles. The van der Waals surface area contributed by atoms with Crippen molar-refractivity contribution in [2.45, 2.75) is 6.42 Å². The van der Waals surface area contributed by atoms with Gasteiger partial charge < -0.3 is 9.84 Å². The highest BCUT2D eigenvalue weighted by molar-refractivity contribution is 5.67. The lowest BCUT2D eigenvalue weighted by atomic mass is 10.0. The van der Waals surface area contributed by atoms with Crippen molar-refractivity contribution in [3.05, 3.63) is 53.6 Å². The van der Waals surface area contributed by atoms with E-state index in [1.807, 2.05) is 0 Å². The topological polar surface area (TPSA) is 29.5 Å². The maximum atomic E-state index is 13.8. The van der Waals surface area contributed by atoms with Gasteiger partial charge >= 0.3 is 0 Å². The number of benzene rings is 2. The van der Waals surface area contributed by atoms with Crippen molar-refractivity contribution in [2.75, 3.05) is 13.7 Å². The Morgan fingerprint density at radius 2 is 1.63 bits per heavy atom. The largest absolute Gasteiger partial charge is 0.497 e. The summed E-state index contributed by atoms with van der Waals surface area (Å²) in [6, 6.07) is 8.58. The van der Waals surface area contributed by atoms with Crippen LogP contribution in [0.3, 0.4) is 0 Å². The van der Waals surface area contributed by atoms with Crippen LogP contribution in [-0.2, 0) is 6.42 Å². The highest BCUT2D eigenvalue weighted by Gasteiger charge is 2.12. The molecule has 0 aliphatic heterocycles. The van der Waals surface area contributed by atoms with E-state index >= 15 is 0 Å². The molecule has 4 heteroatoms. The van der Waals surface area contributed by atoms with Crippen LogP contribution in [0.4, 0.5) is 8.78 Å². The molecular formula is C15H14F2O2. The summed E-state index contributed by atoms with van der Waals surface area (Å²) < 4.78 is 32.7. The molecular weight excluding hydrogens is 250 g/mol. The van der Waals surface area contributed by atoms with Crippen LogP contribution in [0.15, 0.2) is 36.4 Å². The number of aliphatic hydroxyl groups is 1. The second-order valence-electron chi connectivity index (χ2n) is 4.13. The molecule has 0 aliphatic rings. The van der Waals surface area contributed by atoms with Gasteiger partial charge in [0.15, 0.2) is 0 Å². The zero-order valence-electron chi connectivity index (χ0n) is 10.5. The van der Waals surface area contributed by atoms with E-state index in [1.165, 1.54) is 31.4 Å². The standard InChI is InChI=1S/C15H14F2O2/c1-19-11-3-5-15(17)13(9-11)12-8-10(6-7-18)2-4-14(12)16/h2-5,8-9,18H,6-7H2,1H3. The van der Waals surface area contributed by atoms with Gasteiger partial charge in [0.05, 0.1) is 7.11 Å². The quantitative estimate of drug-likeness (QED) is 0.919. The summed E-state index contributed by atoms with van der Waals surface area (Å²) in [4.78, 5) is 0. The predicted molar refractivity (Wildman–Crippen MR) is 69.1 cm³/mol. The zero-order valence-corrected chi connectivity index (χ0v) is 10.5. The average molecular weight is 264 g/mol. The summed E-state index contributed by atoms with van der Waals surface area (Å²) in [6.07, 6.45) is 0.402. The van der Waals surface area contributed by atoms with Gasteiger partial charge in [0.1, 0.15) is 17.4 Å². The van der Waals surface area contributed by atoms with Gasteiger partial charge in [-0.3, -0.25) is 0 Å². The Morgan fingerprint density at radius 1 is 1.00 bits per heavy atom. The minimum atomic E-state index is -0.513. The Bertz CT molecular complexity index is 582. The lowest BCUT2D eigenvalue weighted by Crippen LogP contribution is -1.95. The van der Waals surface area contributed by atoms with E-state index in [4.69, 9.17) is 9.84 Å². The van der Waals surface area contributed by atoms with Crippen LogP contribution in [-0.4, -0.2) is 18.8 Å². The van der Waals surface area contributed by atoms with Crippen molar-refractivity contribution in [1.29, 1.82) is 0 Å². The molecule has 0 amide bonds. The molecule has 2 nitrogen and oxygen atoms in total. The average Bonchev–Trinajstić information content (AvgIpc) is 2.42. The molecule has 1 N–H and O–H groups in total. The third-order valence-electron chi connectivity index (χ3n) is 2.89. The van der Waals surface area contributed by atoms with Crippen molar-refractivity contribution >= 4 is 0 Å². The number of methoxy groups -OCH3 is 1. The molecule has 0 saturated carbocycles. The monoisotopic (exact) mass is 264 g/mol. The summed E-state index contributed by atoms with van der Waals surface area (Å²) in [7, 11) is 1.47. The second-order valence-corrected chi connectivity index (χ2v) is 4.13. The van der Waals surface area contributed by atoms with Crippen molar-refractivity contribution in [2.24, 2.45) is 0 Å². The van der Waals surface area contributed by atoms with E-state index in [0.29, 0.717) is 12.2 Å². The predicted octanol–water partition coefficient (Wildman–Crippen LogP) is 3.18. The smallest absolute Gasteiger partial charge is 0.131 e. The van der Waals surface area contributed by atoms with E-state index in [1.54, 1.807) is 12.1 Å². The molecule has 0 unspecified atom stereocenters. The van der Waals surface area contributed by atoms with E-state index in [-0.39, 0.29) is 17.7 Å². The molecule has 2 aromatic carbocycles. The van der Waals surface area contributed by atoms with E-state index < -0.39 is 11.6 Å². The van der Waals surface area contributed by atoms with Crippen LogP contribution in [0.5, 0.6) is 5.75 Å². The molecule has 100 valence electrons. The number of hydrogen-bond acceptors (Lipinski definition) is 2. The van der Waals surface area contributed by atoms with Crippen LogP contribution >= 0.6 is 0 Å². The van der Waals surface area contributed by atoms with Gasteiger partial charge in [0.2, 0.25) is 0 Å². The highest BCUT2D eigenvalue weighted by Crippen LogP contribution is 2.30. The van der Waals surface area contributed by atoms with Gasteiger partial charge in [-0.2, -0.15) is 0 Å². The van der Waals surface area contributed by atoms with Crippen molar-refractivity contribution in [1.82, 2.24) is 0 Å². The first kappa shape index (κ1) is 13.5. The van der Waals surface area contributed by atoms with Gasteiger partial charge in [0.25, 0.3) is 0 Å². The second kappa shape index (κ2) is 5.80. The molecule has 0 aromatic heterocycles. The van der Waals surface area contributed by atoms with Gasteiger partial charge in [-0.1, -0.05) is 6.07 Å². The fourth-order valence-electron chi connectivity index (χ4n) is 1.90. The fraction of sp³-hybridized carbons (Fsp3) is 0.200. The lowest BCUT2D eigenvalue weighted by Gasteiger charge is -2.09. The first-order valence-corrected chi connectivity index (χ1v) is 5.89. The minimum absolute atomic E-state index is 0.0360. The van der Waals surface area contributed by atoms with Crippen molar-refractivity contribution in [3.8, 4) is 16.9 Å². The Kier molecular flexibility index (Phi) is 4.12.